The van der Waals surface area contributed by atoms with E-state index in [9.17, 15) is 34.2 Å². The highest BCUT2D eigenvalue weighted by molar-refractivity contribution is 5.96. The zero-order chi connectivity index (χ0) is 30.4. The van der Waals surface area contributed by atoms with Crippen molar-refractivity contribution < 1.29 is 34.2 Å². The quantitative estimate of drug-likeness (QED) is 0.0558. The molecule has 222 valence electrons. The van der Waals surface area contributed by atoms with Crippen LogP contribution in [0.15, 0.2) is 29.3 Å². The van der Waals surface area contributed by atoms with Crippen molar-refractivity contribution in [1.82, 2.24) is 16.0 Å². The fourth-order valence-corrected chi connectivity index (χ4v) is 3.66. The number of benzene rings is 1. The van der Waals surface area contributed by atoms with E-state index in [1.54, 1.807) is 13.8 Å². The Balaban J connectivity index is 2.96. The number of carbonyl (C=O) groups excluding carboxylic acids is 4. The number of phenolic OH excluding ortho intramolecular Hbond substituents is 1. The van der Waals surface area contributed by atoms with Crippen molar-refractivity contribution in [2.75, 3.05) is 6.54 Å². The second-order valence-electron chi connectivity index (χ2n) is 9.75. The van der Waals surface area contributed by atoms with E-state index in [1.165, 1.54) is 24.3 Å². The third kappa shape index (κ3) is 12.9. The first kappa shape index (κ1) is 33.6. The number of carboxylic acid groups (broad SMARTS) is 1. The highest BCUT2D eigenvalue weighted by atomic mass is 16.4. The monoisotopic (exact) mass is 564 g/mol. The first-order valence-corrected chi connectivity index (χ1v) is 12.7. The summed E-state index contributed by atoms with van der Waals surface area (Å²) >= 11 is 0. The molecule has 15 heteroatoms. The standard InChI is InChI=1S/C25H40N8O7/c1-13(2)10-17(22(37)33-19(24(39)40)11-14-5-7-15(34)8-6-14)32-23(38)18(12-20(27)35)31-21(36)16(26)4-3-9-30-25(28)29/h5-8,13,16-19,34H,3-4,9-12,26H2,1-2H3,(H2,27,35)(H,31,36)(H,32,38)(H,33,37)(H,39,40)(H4,28,29,30). The van der Waals surface area contributed by atoms with E-state index < -0.39 is 60.2 Å². The van der Waals surface area contributed by atoms with Gasteiger partial charge in [-0.1, -0.05) is 26.0 Å². The fourth-order valence-electron chi connectivity index (χ4n) is 3.66. The maximum atomic E-state index is 13.1. The van der Waals surface area contributed by atoms with Crippen LogP contribution in [0.25, 0.3) is 0 Å². The minimum Gasteiger partial charge on any atom is -0.508 e. The van der Waals surface area contributed by atoms with E-state index in [0.29, 0.717) is 12.0 Å². The molecule has 0 aliphatic heterocycles. The molecule has 0 aliphatic rings. The highest BCUT2D eigenvalue weighted by Gasteiger charge is 2.31. The van der Waals surface area contributed by atoms with E-state index >= 15 is 0 Å². The number of rotatable bonds is 17. The van der Waals surface area contributed by atoms with Crippen molar-refractivity contribution in [3.8, 4) is 5.75 Å². The van der Waals surface area contributed by atoms with Gasteiger partial charge in [-0.15, -0.1) is 0 Å². The lowest BCUT2D eigenvalue weighted by atomic mass is 10.0. The van der Waals surface area contributed by atoms with E-state index in [0.717, 1.165) is 0 Å². The first-order valence-electron chi connectivity index (χ1n) is 12.7. The molecule has 1 aromatic carbocycles. The van der Waals surface area contributed by atoms with E-state index in [2.05, 4.69) is 20.9 Å². The van der Waals surface area contributed by atoms with Crippen molar-refractivity contribution >= 4 is 35.6 Å². The Kier molecular flexibility index (Phi) is 13.9. The molecule has 4 unspecified atom stereocenters. The van der Waals surface area contributed by atoms with Crippen molar-refractivity contribution in [1.29, 1.82) is 0 Å². The fraction of sp³-hybridized carbons (Fsp3) is 0.520. The van der Waals surface area contributed by atoms with E-state index in [4.69, 9.17) is 22.9 Å². The molecular formula is C25H40N8O7. The largest absolute Gasteiger partial charge is 0.508 e. The lowest BCUT2D eigenvalue weighted by Gasteiger charge is -2.25. The molecule has 13 N–H and O–H groups in total. The molecule has 40 heavy (non-hydrogen) atoms. The van der Waals surface area contributed by atoms with Crippen LogP contribution < -0.4 is 38.9 Å². The molecule has 0 radical (unpaired) electrons. The number of amides is 4. The van der Waals surface area contributed by atoms with Gasteiger partial charge in [-0.3, -0.25) is 24.2 Å². The number of aliphatic imine (C=N–C) groups is 1. The topological polar surface area (TPSA) is 278 Å². The minimum absolute atomic E-state index is 0.00359. The van der Waals surface area contributed by atoms with Gasteiger partial charge in [-0.05, 0) is 42.9 Å². The zero-order valence-electron chi connectivity index (χ0n) is 22.6. The molecule has 0 saturated heterocycles. The number of nitrogens with zero attached hydrogens (tertiary/aromatic N) is 1. The van der Waals surface area contributed by atoms with Gasteiger partial charge in [0.15, 0.2) is 5.96 Å². The summed E-state index contributed by atoms with van der Waals surface area (Å²) in [6, 6.07) is 0.839. The maximum absolute atomic E-state index is 13.1. The summed E-state index contributed by atoms with van der Waals surface area (Å²) in [5.41, 5.74) is 22.2. The summed E-state index contributed by atoms with van der Waals surface area (Å²) in [5.74, 6) is -4.75. The maximum Gasteiger partial charge on any atom is 0.326 e. The molecule has 0 heterocycles. The Morgan fingerprint density at radius 1 is 0.875 bits per heavy atom. The second kappa shape index (κ2) is 16.5. The summed E-state index contributed by atoms with van der Waals surface area (Å²) in [4.78, 5) is 66.0. The number of hydrogen-bond acceptors (Lipinski definition) is 8. The zero-order valence-corrected chi connectivity index (χ0v) is 22.6. The van der Waals surface area contributed by atoms with E-state index in [1.807, 2.05) is 0 Å². The Bertz CT molecular complexity index is 1060. The number of phenols is 1. The average molecular weight is 565 g/mol. The van der Waals surface area contributed by atoms with Gasteiger partial charge < -0.3 is 49.1 Å². The van der Waals surface area contributed by atoms with Crippen LogP contribution in [0.4, 0.5) is 0 Å². The number of carboxylic acids is 1. The Morgan fingerprint density at radius 2 is 1.43 bits per heavy atom. The third-order valence-electron chi connectivity index (χ3n) is 5.67. The molecule has 0 bridgehead atoms. The molecule has 1 rings (SSSR count). The molecular weight excluding hydrogens is 524 g/mol. The number of aromatic hydroxyl groups is 1. The third-order valence-corrected chi connectivity index (χ3v) is 5.67. The van der Waals surface area contributed by atoms with Crippen LogP contribution in [0.3, 0.4) is 0 Å². The Morgan fingerprint density at radius 3 is 1.95 bits per heavy atom. The molecule has 0 aliphatic carbocycles. The molecule has 0 fully saturated rings. The van der Waals surface area contributed by atoms with Crippen LogP contribution in [0.2, 0.25) is 0 Å². The second-order valence-corrected chi connectivity index (χ2v) is 9.75. The predicted molar refractivity (Wildman–Crippen MR) is 146 cm³/mol. The van der Waals surface area contributed by atoms with Crippen LogP contribution in [0.1, 0.15) is 45.1 Å². The summed E-state index contributed by atoms with van der Waals surface area (Å²) in [5, 5.41) is 26.4. The predicted octanol–water partition coefficient (Wildman–Crippen LogP) is -2.22. The van der Waals surface area contributed by atoms with Crippen molar-refractivity contribution in [2.24, 2.45) is 33.8 Å². The Labute approximate surface area is 232 Å². The van der Waals surface area contributed by atoms with Gasteiger partial charge in [-0.25, -0.2) is 4.79 Å². The number of carbonyl (C=O) groups is 5. The summed E-state index contributed by atoms with van der Waals surface area (Å²) in [6.45, 7) is 3.83. The minimum atomic E-state index is -1.43. The summed E-state index contributed by atoms with van der Waals surface area (Å²) < 4.78 is 0. The molecule has 0 spiro atoms. The number of guanidine groups is 1. The summed E-state index contributed by atoms with van der Waals surface area (Å²) in [7, 11) is 0. The van der Waals surface area contributed by atoms with Gasteiger partial charge in [0.2, 0.25) is 23.6 Å². The smallest absolute Gasteiger partial charge is 0.326 e. The van der Waals surface area contributed by atoms with Crippen molar-refractivity contribution in [2.45, 2.75) is 70.1 Å². The van der Waals surface area contributed by atoms with Crippen molar-refractivity contribution in [3.05, 3.63) is 29.8 Å². The average Bonchev–Trinajstić information content (AvgIpc) is 2.85. The molecule has 0 saturated carbocycles. The molecule has 4 amide bonds. The highest BCUT2D eigenvalue weighted by Crippen LogP contribution is 2.12. The van der Waals surface area contributed by atoms with Crippen LogP contribution in [-0.2, 0) is 30.4 Å². The number of aliphatic carboxylic acids is 1. The summed E-state index contributed by atoms with van der Waals surface area (Å²) in [6.07, 6.45) is 0.0525. The van der Waals surface area contributed by atoms with Gasteiger partial charge in [-0.2, -0.15) is 0 Å². The van der Waals surface area contributed by atoms with Gasteiger partial charge >= 0.3 is 5.97 Å². The number of hydrogen-bond donors (Lipinski definition) is 9. The number of nitrogens with one attached hydrogen (secondary N) is 3. The van der Waals surface area contributed by atoms with Crippen molar-refractivity contribution in [3.63, 3.8) is 0 Å². The number of nitrogens with two attached hydrogens (primary N) is 4. The Hall–Kier alpha value is -4.40. The molecule has 0 aromatic heterocycles. The van der Waals surface area contributed by atoms with Gasteiger partial charge in [0.05, 0.1) is 12.5 Å². The van der Waals surface area contributed by atoms with Gasteiger partial charge in [0, 0.05) is 13.0 Å². The lowest BCUT2D eigenvalue weighted by Crippen LogP contribution is -2.58. The van der Waals surface area contributed by atoms with Crippen LogP contribution in [-0.4, -0.2) is 76.5 Å². The number of primary amides is 1. The molecule has 1 aromatic rings. The SMILES string of the molecule is CC(C)CC(NC(=O)C(CC(N)=O)NC(=O)C(N)CCCN=C(N)N)C(=O)NC(Cc1ccc(O)cc1)C(=O)O. The van der Waals surface area contributed by atoms with Gasteiger partial charge in [0.25, 0.3) is 0 Å². The van der Waals surface area contributed by atoms with Crippen LogP contribution in [0, 0.1) is 5.92 Å². The van der Waals surface area contributed by atoms with E-state index in [-0.39, 0.29) is 43.4 Å². The molecule has 15 nitrogen and oxygen atoms in total. The first-order chi connectivity index (χ1) is 18.7. The normalized spacial score (nSPS) is 13.8. The van der Waals surface area contributed by atoms with Crippen LogP contribution >= 0.6 is 0 Å². The molecule has 4 atom stereocenters. The van der Waals surface area contributed by atoms with Gasteiger partial charge in [0.1, 0.15) is 23.9 Å². The van der Waals surface area contributed by atoms with Crippen LogP contribution in [0.5, 0.6) is 5.75 Å². The lowest BCUT2D eigenvalue weighted by molar-refractivity contribution is -0.142.